The first-order valence-corrected chi connectivity index (χ1v) is 4.92. The Balaban J connectivity index is 0.000000461. The number of aromatic amines is 1. The third-order valence-corrected chi connectivity index (χ3v) is 1.86. The average Bonchev–Trinajstić information content (AvgIpc) is 2.75. The summed E-state index contributed by atoms with van der Waals surface area (Å²) in [7, 11) is 0. The van der Waals surface area contributed by atoms with Gasteiger partial charge in [0.15, 0.2) is 0 Å². The molecule has 1 aromatic carbocycles. The van der Waals surface area contributed by atoms with E-state index >= 15 is 0 Å². The van der Waals surface area contributed by atoms with E-state index in [1.54, 1.807) is 6.33 Å². The van der Waals surface area contributed by atoms with Gasteiger partial charge >= 0.3 is 0 Å². The highest BCUT2D eigenvalue weighted by molar-refractivity contribution is 5.58. The van der Waals surface area contributed by atoms with Crippen molar-refractivity contribution in [3.63, 3.8) is 0 Å². The van der Waals surface area contributed by atoms with Crippen LogP contribution in [0.3, 0.4) is 0 Å². The van der Waals surface area contributed by atoms with E-state index in [0.717, 1.165) is 5.69 Å². The molecule has 0 radical (unpaired) electrons. The number of hydrogen-bond acceptors (Lipinski definition) is 1. The summed E-state index contributed by atoms with van der Waals surface area (Å²) in [5, 5.41) is 0. The van der Waals surface area contributed by atoms with Gasteiger partial charge in [-0.2, -0.15) is 0 Å². The number of H-pyrrole nitrogens is 1. The minimum Gasteiger partial charge on any atom is -0.345 e. The van der Waals surface area contributed by atoms with Crippen LogP contribution in [0.15, 0.2) is 36.8 Å². The number of hydrogen-bond donors (Lipinski definition) is 1. The molecule has 0 atom stereocenters. The Hall–Kier alpha value is -1.57. The quantitative estimate of drug-likeness (QED) is 0.730. The molecule has 1 heterocycles. The second kappa shape index (κ2) is 5.22. The van der Waals surface area contributed by atoms with Crippen LogP contribution in [-0.2, 0) is 0 Å². The summed E-state index contributed by atoms with van der Waals surface area (Å²) >= 11 is 0. The van der Waals surface area contributed by atoms with E-state index in [4.69, 9.17) is 0 Å². The van der Waals surface area contributed by atoms with E-state index in [1.165, 1.54) is 11.1 Å². The van der Waals surface area contributed by atoms with Gasteiger partial charge in [-0.1, -0.05) is 43.7 Å². The van der Waals surface area contributed by atoms with E-state index in [9.17, 15) is 0 Å². The van der Waals surface area contributed by atoms with E-state index < -0.39 is 0 Å². The largest absolute Gasteiger partial charge is 0.345 e. The first kappa shape index (κ1) is 10.5. The van der Waals surface area contributed by atoms with E-state index in [-0.39, 0.29) is 0 Å². The minimum atomic E-state index is 1.06. The number of aryl methyl sites for hydroxylation is 1. The van der Waals surface area contributed by atoms with Crippen LogP contribution in [0.1, 0.15) is 19.4 Å². The van der Waals surface area contributed by atoms with Gasteiger partial charge in [-0.15, -0.1) is 0 Å². The van der Waals surface area contributed by atoms with Gasteiger partial charge in [0.25, 0.3) is 0 Å². The molecule has 0 amide bonds. The van der Waals surface area contributed by atoms with Crippen LogP contribution in [0.2, 0.25) is 0 Å². The zero-order valence-corrected chi connectivity index (χ0v) is 8.91. The molecule has 0 unspecified atom stereocenters. The minimum absolute atomic E-state index is 1.06. The van der Waals surface area contributed by atoms with Crippen molar-refractivity contribution in [3.05, 3.63) is 42.4 Å². The molecule has 0 saturated carbocycles. The Bertz CT molecular complexity index is 346. The summed E-state index contributed by atoms with van der Waals surface area (Å²) in [6.07, 6.45) is 3.51. The second-order valence-corrected chi connectivity index (χ2v) is 2.83. The molecule has 0 aliphatic heterocycles. The van der Waals surface area contributed by atoms with Gasteiger partial charge in [-0.25, -0.2) is 4.98 Å². The van der Waals surface area contributed by atoms with Gasteiger partial charge < -0.3 is 4.98 Å². The number of benzene rings is 1. The maximum absolute atomic E-state index is 3.97. The lowest BCUT2D eigenvalue weighted by Gasteiger charge is -1.96. The van der Waals surface area contributed by atoms with Gasteiger partial charge in [-0.05, 0) is 12.5 Å². The van der Waals surface area contributed by atoms with E-state index in [1.807, 2.05) is 20.0 Å². The highest BCUT2D eigenvalue weighted by atomic mass is 14.9. The van der Waals surface area contributed by atoms with Crippen molar-refractivity contribution in [2.45, 2.75) is 20.8 Å². The van der Waals surface area contributed by atoms with Crippen LogP contribution < -0.4 is 0 Å². The molecule has 14 heavy (non-hydrogen) atoms. The smallest absolute Gasteiger partial charge is 0.0924 e. The van der Waals surface area contributed by atoms with Crippen LogP contribution in [0.4, 0.5) is 0 Å². The Morgan fingerprint density at radius 3 is 2.21 bits per heavy atom. The molecule has 2 nitrogen and oxygen atoms in total. The Morgan fingerprint density at radius 1 is 1.07 bits per heavy atom. The molecular weight excluding hydrogens is 172 g/mol. The maximum Gasteiger partial charge on any atom is 0.0924 e. The lowest BCUT2D eigenvalue weighted by molar-refractivity contribution is 1.31. The topological polar surface area (TPSA) is 28.7 Å². The molecule has 0 saturated heterocycles. The number of imidazole rings is 1. The third kappa shape index (κ3) is 2.46. The number of nitrogens with one attached hydrogen (secondary N) is 1. The molecule has 2 aromatic rings. The van der Waals surface area contributed by atoms with Crippen LogP contribution in [0.25, 0.3) is 11.3 Å². The molecular formula is C12H16N2. The van der Waals surface area contributed by atoms with Gasteiger partial charge in [0.05, 0.1) is 18.2 Å². The molecule has 1 aromatic heterocycles. The van der Waals surface area contributed by atoms with Crippen molar-refractivity contribution < 1.29 is 0 Å². The molecule has 0 spiro atoms. The zero-order chi connectivity index (χ0) is 10.4. The summed E-state index contributed by atoms with van der Waals surface area (Å²) in [6, 6.07) is 8.36. The monoisotopic (exact) mass is 188 g/mol. The van der Waals surface area contributed by atoms with Crippen molar-refractivity contribution in [2.75, 3.05) is 0 Å². The number of aromatic nitrogens is 2. The Morgan fingerprint density at radius 2 is 1.71 bits per heavy atom. The predicted molar refractivity (Wildman–Crippen MR) is 60.1 cm³/mol. The molecule has 74 valence electrons. The molecule has 0 aliphatic carbocycles. The van der Waals surface area contributed by atoms with Gasteiger partial charge in [0.2, 0.25) is 0 Å². The van der Waals surface area contributed by atoms with E-state index in [0.29, 0.717) is 0 Å². The first-order valence-electron chi connectivity index (χ1n) is 4.92. The molecule has 1 N–H and O–H groups in total. The fraction of sp³-hybridized carbons (Fsp3) is 0.250. The summed E-state index contributed by atoms with van der Waals surface area (Å²) in [6.45, 7) is 6.08. The molecule has 2 heteroatoms. The standard InChI is InChI=1S/C10H10N2.C2H6/c1-8-2-4-9(5-3-8)10-6-11-7-12-10;1-2/h2-7H,1H3,(H,11,12);1-2H3. The molecule has 0 aliphatic rings. The molecule has 2 rings (SSSR count). The summed E-state index contributed by atoms with van der Waals surface area (Å²) in [5.41, 5.74) is 3.52. The molecule has 0 bridgehead atoms. The van der Waals surface area contributed by atoms with E-state index in [2.05, 4.69) is 41.2 Å². The number of nitrogens with zero attached hydrogens (tertiary/aromatic N) is 1. The van der Waals surface area contributed by atoms with Crippen LogP contribution in [0, 0.1) is 6.92 Å². The van der Waals surface area contributed by atoms with Crippen LogP contribution >= 0.6 is 0 Å². The summed E-state index contributed by atoms with van der Waals surface area (Å²) in [4.78, 5) is 7.03. The Kier molecular flexibility index (Phi) is 3.92. The maximum atomic E-state index is 3.97. The van der Waals surface area contributed by atoms with Crippen molar-refractivity contribution in [3.8, 4) is 11.3 Å². The van der Waals surface area contributed by atoms with Crippen LogP contribution in [0.5, 0.6) is 0 Å². The van der Waals surface area contributed by atoms with Gasteiger partial charge in [0, 0.05) is 0 Å². The first-order chi connectivity index (χ1) is 6.86. The summed E-state index contributed by atoms with van der Waals surface area (Å²) in [5.74, 6) is 0. The SMILES string of the molecule is CC.Cc1ccc(-c2cnc[nH]2)cc1. The fourth-order valence-electron chi connectivity index (χ4n) is 1.15. The normalized spacial score (nSPS) is 9.07. The molecule has 0 fully saturated rings. The van der Waals surface area contributed by atoms with Crippen molar-refractivity contribution in [1.82, 2.24) is 9.97 Å². The fourth-order valence-corrected chi connectivity index (χ4v) is 1.15. The van der Waals surface area contributed by atoms with Gasteiger partial charge in [0.1, 0.15) is 0 Å². The highest BCUT2D eigenvalue weighted by Crippen LogP contribution is 2.15. The highest BCUT2D eigenvalue weighted by Gasteiger charge is 1.95. The van der Waals surface area contributed by atoms with Crippen molar-refractivity contribution in [2.24, 2.45) is 0 Å². The predicted octanol–water partition coefficient (Wildman–Crippen LogP) is 3.41. The van der Waals surface area contributed by atoms with Crippen molar-refractivity contribution >= 4 is 0 Å². The lowest BCUT2D eigenvalue weighted by atomic mass is 10.1. The zero-order valence-electron chi connectivity index (χ0n) is 8.91. The van der Waals surface area contributed by atoms with Gasteiger partial charge in [-0.3, -0.25) is 0 Å². The lowest BCUT2D eigenvalue weighted by Crippen LogP contribution is -1.76. The summed E-state index contributed by atoms with van der Waals surface area (Å²) < 4.78 is 0. The van der Waals surface area contributed by atoms with Crippen LogP contribution in [-0.4, -0.2) is 9.97 Å². The average molecular weight is 188 g/mol. The third-order valence-electron chi connectivity index (χ3n) is 1.86. The Labute approximate surface area is 85.0 Å². The second-order valence-electron chi connectivity index (χ2n) is 2.83. The van der Waals surface area contributed by atoms with Crippen molar-refractivity contribution in [1.29, 1.82) is 0 Å². The number of rotatable bonds is 1.